The first-order chi connectivity index (χ1) is 6.36. The van der Waals surface area contributed by atoms with Gasteiger partial charge in [-0.05, 0) is 26.3 Å². The van der Waals surface area contributed by atoms with Gasteiger partial charge < -0.3 is 4.52 Å². The molecule has 0 N–H and O–H groups in total. The van der Waals surface area contributed by atoms with Crippen LogP contribution in [0.2, 0.25) is 0 Å². The van der Waals surface area contributed by atoms with Gasteiger partial charge in [0.1, 0.15) is 5.76 Å². The van der Waals surface area contributed by atoms with Crippen LogP contribution in [0.3, 0.4) is 0 Å². The molecule has 0 aromatic carbocycles. The van der Waals surface area contributed by atoms with Crippen molar-refractivity contribution in [3.05, 3.63) is 17.0 Å². The molecule has 2 aliphatic rings. The Hall–Kier alpha value is -0.830. The predicted octanol–water partition coefficient (Wildman–Crippen LogP) is 1.68. The Kier molecular flexibility index (Phi) is 1.50. The van der Waals surface area contributed by atoms with Crippen LogP contribution in [0.1, 0.15) is 35.9 Å². The zero-order valence-electron chi connectivity index (χ0n) is 7.92. The Balaban J connectivity index is 2.09. The van der Waals surface area contributed by atoms with Crippen LogP contribution < -0.4 is 0 Å². The topological polar surface area (TPSA) is 29.3 Å². The van der Waals surface area contributed by atoms with Crippen LogP contribution in [0, 0.1) is 6.92 Å². The molecule has 3 heteroatoms. The lowest BCUT2D eigenvalue weighted by Crippen LogP contribution is -2.30. The van der Waals surface area contributed by atoms with Crippen molar-refractivity contribution in [2.24, 2.45) is 0 Å². The molecule has 1 saturated heterocycles. The molecule has 70 valence electrons. The molecular weight excluding hydrogens is 164 g/mol. The van der Waals surface area contributed by atoms with Crippen LogP contribution >= 0.6 is 0 Å². The second kappa shape index (κ2) is 2.58. The minimum absolute atomic E-state index is 0.620. The van der Waals surface area contributed by atoms with Crippen molar-refractivity contribution in [1.82, 2.24) is 10.1 Å². The summed E-state index contributed by atoms with van der Waals surface area (Å²) in [5, 5.41) is 4.06. The van der Waals surface area contributed by atoms with Gasteiger partial charge in [-0.25, -0.2) is 0 Å². The Morgan fingerprint density at radius 2 is 2.38 bits per heavy atom. The molecule has 1 aromatic heterocycles. The lowest BCUT2D eigenvalue weighted by molar-refractivity contribution is 0.226. The van der Waals surface area contributed by atoms with Gasteiger partial charge in [-0.3, -0.25) is 4.90 Å². The highest BCUT2D eigenvalue weighted by Gasteiger charge is 2.34. The van der Waals surface area contributed by atoms with E-state index in [1.165, 1.54) is 24.9 Å². The summed E-state index contributed by atoms with van der Waals surface area (Å²) in [7, 11) is 0. The first-order valence-corrected chi connectivity index (χ1v) is 5.05. The van der Waals surface area contributed by atoms with Crippen molar-refractivity contribution in [2.45, 2.75) is 32.2 Å². The van der Waals surface area contributed by atoms with Crippen LogP contribution in [0.25, 0.3) is 0 Å². The average molecular weight is 178 g/mol. The van der Waals surface area contributed by atoms with Gasteiger partial charge in [-0.1, -0.05) is 5.16 Å². The van der Waals surface area contributed by atoms with Gasteiger partial charge in [0.2, 0.25) is 0 Å². The maximum Gasteiger partial charge on any atom is 0.143 e. The van der Waals surface area contributed by atoms with Gasteiger partial charge in [0, 0.05) is 24.6 Å². The van der Waals surface area contributed by atoms with Crippen molar-refractivity contribution < 1.29 is 4.52 Å². The van der Waals surface area contributed by atoms with E-state index < -0.39 is 0 Å². The third-order valence-electron chi connectivity index (χ3n) is 3.31. The van der Waals surface area contributed by atoms with E-state index in [0.29, 0.717) is 6.04 Å². The van der Waals surface area contributed by atoms with Crippen LogP contribution in [-0.2, 0) is 6.42 Å². The number of hydrogen-bond acceptors (Lipinski definition) is 3. The number of nitrogens with zero attached hydrogens (tertiary/aromatic N) is 2. The molecule has 3 heterocycles. The minimum atomic E-state index is 0.620. The maximum atomic E-state index is 5.32. The zero-order chi connectivity index (χ0) is 8.84. The fraction of sp³-hybridized carbons (Fsp3) is 0.700. The molecule has 1 atom stereocenters. The summed E-state index contributed by atoms with van der Waals surface area (Å²) < 4.78 is 5.32. The molecule has 3 nitrogen and oxygen atoms in total. The third-order valence-corrected chi connectivity index (χ3v) is 3.31. The number of aryl methyl sites for hydroxylation is 1. The number of fused-ring (bicyclic) bond motifs is 3. The molecule has 13 heavy (non-hydrogen) atoms. The molecular formula is C10H14N2O. The highest BCUT2D eigenvalue weighted by Crippen LogP contribution is 2.38. The summed E-state index contributed by atoms with van der Waals surface area (Å²) in [4.78, 5) is 2.56. The molecule has 1 aromatic rings. The van der Waals surface area contributed by atoms with E-state index in [4.69, 9.17) is 4.52 Å². The third kappa shape index (κ3) is 0.967. The van der Waals surface area contributed by atoms with E-state index in [2.05, 4.69) is 17.0 Å². The quantitative estimate of drug-likeness (QED) is 0.605. The van der Waals surface area contributed by atoms with Crippen LogP contribution in [0.15, 0.2) is 4.52 Å². The van der Waals surface area contributed by atoms with E-state index in [1.807, 2.05) is 0 Å². The fourth-order valence-corrected chi connectivity index (χ4v) is 2.70. The summed E-state index contributed by atoms with van der Waals surface area (Å²) in [6, 6.07) is 0.620. The largest absolute Gasteiger partial charge is 0.361 e. The molecule has 0 aliphatic carbocycles. The zero-order valence-corrected chi connectivity index (χ0v) is 7.92. The Labute approximate surface area is 77.7 Å². The number of hydrogen-bond donors (Lipinski definition) is 0. The summed E-state index contributed by atoms with van der Waals surface area (Å²) in [6.07, 6.45) is 3.66. The predicted molar refractivity (Wildman–Crippen MR) is 48.5 cm³/mol. The van der Waals surface area contributed by atoms with E-state index in [-0.39, 0.29) is 0 Å². The summed E-state index contributed by atoms with van der Waals surface area (Å²) >= 11 is 0. The first kappa shape index (κ1) is 7.56. The Bertz CT molecular complexity index is 332. The number of aromatic nitrogens is 1. The average Bonchev–Trinajstić information content (AvgIpc) is 2.70. The normalized spacial score (nSPS) is 27.3. The second-order valence-corrected chi connectivity index (χ2v) is 4.05. The van der Waals surface area contributed by atoms with E-state index in [0.717, 1.165) is 24.4 Å². The SMILES string of the molecule is Cc1noc2c1C1CCCN1CC2. The minimum Gasteiger partial charge on any atom is -0.361 e. The monoisotopic (exact) mass is 178 g/mol. The Morgan fingerprint density at radius 3 is 3.31 bits per heavy atom. The molecule has 3 rings (SSSR count). The molecule has 0 saturated carbocycles. The lowest BCUT2D eigenvalue weighted by Gasteiger charge is -2.28. The van der Waals surface area contributed by atoms with Gasteiger partial charge in [0.25, 0.3) is 0 Å². The maximum absolute atomic E-state index is 5.32. The van der Waals surface area contributed by atoms with Crippen molar-refractivity contribution in [3.8, 4) is 0 Å². The lowest BCUT2D eigenvalue weighted by atomic mass is 9.98. The van der Waals surface area contributed by atoms with Gasteiger partial charge in [0.15, 0.2) is 0 Å². The Morgan fingerprint density at radius 1 is 1.46 bits per heavy atom. The highest BCUT2D eigenvalue weighted by molar-refractivity contribution is 5.29. The van der Waals surface area contributed by atoms with E-state index in [1.54, 1.807) is 0 Å². The van der Waals surface area contributed by atoms with Gasteiger partial charge in [0.05, 0.1) is 5.69 Å². The van der Waals surface area contributed by atoms with Crippen molar-refractivity contribution >= 4 is 0 Å². The standard InChI is InChI=1S/C10H14N2O/c1-7-10-8-3-2-5-12(8)6-4-9(10)13-11-7/h8H,2-6H2,1H3. The second-order valence-electron chi connectivity index (χ2n) is 4.05. The molecule has 0 spiro atoms. The van der Waals surface area contributed by atoms with Gasteiger partial charge >= 0.3 is 0 Å². The first-order valence-electron chi connectivity index (χ1n) is 5.05. The van der Waals surface area contributed by atoms with Crippen molar-refractivity contribution in [3.63, 3.8) is 0 Å². The van der Waals surface area contributed by atoms with Gasteiger partial charge in [-0.15, -0.1) is 0 Å². The van der Waals surface area contributed by atoms with Crippen LogP contribution in [-0.4, -0.2) is 23.1 Å². The van der Waals surface area contributed by atoms with Crippen LogP contribution in [0.5, 0.6) is 0 Å². The van der Waals surface area contributed by atoms with E-state index in [9.17, 15) is 0 Å². The van der Waals surface area contributed by atoms with Crippen molar-refractivity contribution in [2.75, 3.05) is 13.1 Å². The highest BCUT2D eigenvalue weighted by atomic mass is 16.5. The van der Waals surface area contributed by atoms with E-state index >= 15 is 0 Å². The van der Waals surface area contributed by atoms with Crippen LogP contribution in [0.4, 0.5) is 0 Å². The summed E-state index contributed by atoms with van der Waals surface area (Å²) in [6.45, 7) is 4.48. The molecule has 0 radical (unpaired) electrons. The molecule has 0 amide bonds. The van der Waals surface area contributed by atoms with Crippen molar-refractivity contribution in [1.29, 1.82) is 0 Å². The molecule has 0 bridgehead atoms. The molecule has 1 unspecified atom stereocenters. The smallest absolute Gasteiger partial charge is 0.143 e. The van der Waals surface area contributed by atoms with Gasteiger partial charge in [-0.2, -0.15) is 0 Å². The fourth-order valence-electron chi connectivity index (χ4n) is 2.70. The summed E-state index contributed by atoms with van der Waals surface area (Å²) in [5.74, 6) is 1.14. The molecule has 1 fully saturated rings. The number of rotatable bonds is 0. The summed E-state index contributed by atoms with van der Waals surface area (Å²) in [5.41, 5.74) is 2.50. The molecule has 2 aliphatic heterocycles.